The summed E-state index contributed by atoms with van der Waals surface area (Å²) in [5, 5.41) is 16.7. The zero-order valence-electron chi connectivity index (χ0n) is 10.3. The van der Waals surface area contributed by atoms with Crippen molar-refractivity contribution in [2.24, 2.45) is 0 Å². The molecule has 0 radical (unpaired) electrons. The van der Waals surface area contributed by atoms with Crippen molar-refractivity contribution < 1.29 is 18.3 Å². The Kier molecular flexibility index (Phi) is 4.15. The zero-order valence-corrected chi connectivity index (χ0v) is 11.1. The van der Waals surface area contributed by atoms with Gasteiger partial charge in [0.2, 0.25) is 10.0 Å². The van der Waals surface area contributed by atoms with Crippen LogP contribution < -0.4 is 0 Å². The van der Waals surface area contributed by atoms with Crippen LogP contribution in [0.15, 0.2) is 0 Å². The largest absolute Gasteiger partial charge is 0.394 e. The minimum Gasteiger partial charge on any atom is -0.394 e. The first-order valence-electron chi connectivity index (χ1n) is 5.40. The molecule has 6 nitrogen and oxygen atoms in total. The second-order valence-electron chi connectivity index (χ2n) is 4.79. The van der Waals surface area contributed by atoms with Crippen LogP contribution >= 0.6 is 0 Å². The monoisotopic (exact) mass is 262 g/mol. The molecular weight excluding hydrogens is 244 g/mol. The summed E-state index contributed by atoms with van der Waals surface area (Å²) in [5.74, 6) is 0. The van der Waals surface area contributed by atoms with Crippen LogP contribution in [0.2, 0.25) is 0 Å². The van der Waals surface area contributed by atoms with Gasteiger partial charge in [0.05, 0.1) is 24.4 Å². The third kappa shape index (κ3) is 3.16. The molecule has 7 heteroatoms. The van der Waals surface area contributed by atoms with Crippen molar-refractivity contribution >= 4 is 10.0 Å². The molecule has 0 aromatic carbocycles. The van der Waals surface area contributed by atoms with Gasteiger partial charge < -0.3 is 9.84 Å². The zero-order chi connectivity index (χ0) is 13.3. The molecule has 1 rings (SSSR count). The summed E-state index contributed by atoms with van der Waals surface area (Å²) in [6.07, 6.45) is -0.542. The second kappa shape index (κ2) is 4.90. The van der Waals surface area contributed by atoms with Crippen LogP contribution in [0.5, 0.6) is 0 Å². The summed E-state index contributed by atoms with van der Waals surface area (Å²) in [6, 6.07) is 1.73. The number of aliphatic hydroxyl groups excluding tert-OH is 1. The number of nitriles is 1. The third-order valence-corrected chi connectivity index (χ3v) is 4.64. The molecule has 0 saturated carbocycles. The van der Waals surface area contributed by atoms with E-state index in [0.29, 0.717) is 0 Å². The molecule has 0 aliphatic carbocycles. The number of ether oxygens (including phenoxy) is 1. The van der Waals surface area contributed by atoms with Crippen molar-refractivity contribution in [2.75, 3.05) is 19.7 Å². The molecule has 1 saturated heterocycles. The van der Waals surface area contributed by atoms with Gasteiger partial charge in [-0.15, -0.1) is 0 Å². The van der Waals surface area contributed by atoms with Gasteiger partial charge in [-0.2, -0.15) is 9.57 Å². The molecule has 2 unspecified atom stereocenters. The molecule has 0 bridgehead atoms. The molecule has 1 fully saturated rings. The molecule has 1 N–H and O–H groups in total. The van der Waals surface area contributed by atoms with Crippen molar-refractivity contribution in [1.29, 1.82) is 5.26 Å². The maximum atomic E-state index is 12.0. The highest BCUT2D eigenvalue weighted by atomic mass is 32.2. The molecule has 1 aliphatic heterocycles. The van der Waals surface area contributed by atoms with Gasteiger partial charge in [0.15, 0.2) is 5.25 Å². The lowest BCUT2D eigenvalue weighted by molar-refractivity contribution is -0.131. The van der Waals surface area contributed by atoms with E-state index < -0.39 is 27.0 Å². The van der Waals surface area contributed by atoms with Gasteiger partial charge >= 0.3 is 0 Å². The van der Waals surface area contributed by atoms with E-state index in [1.165, 1.54) is 11.2 Å². The Balaban J connectivity index is 2.95. The molecule has 2 atom stereocenters. The number of rotatable bonds is 3. The lowest BCUT2D eigenvalue weighted by Gasteiger charge is -2.41. The average molecular weight is 262 g/mol. The standard InChI is InChI=1S/C10H18N2O4S/c1-8(4-11)17(14,15)12-5-9(6-13)16-10(2,3)7-12/h8-9,13H,5-7H2,1-3H3. The first-order valence-corrected chi connectivity index (χ1v) is 6.90. The fourth-order valence-electron chi connectivity index (χ4n) is 1.82. The van der Waals surface area contributed by atoms with Crippen LogP contribution in [-0.2, 0) is 14.8 Å². The Morgan fingerprint density at radius 2 is 2.24 bits per heavy atom. The molecule has 0 aromatic rings. The fourth-order valence-corrected chi connectivity index (χ4v) is 3.27. The van der Waals surface area contributed by atoms with Gasteiger partial charge in [-0.1, -0.05) is 0 Å². The molecule has 98 valence electrons. The Bertz CT molecular complexity index is 413. The number of nitrogens with zero attached hydrogens (tertiary/aromatic N) is 2. The predicted octanol–water partition coefficient (Wildman–Crippen LogP) is -0.300. The summed E-state index contributed by atoms with van der Waals surface area (Å²) in [4.78, 5) is 0. The van der Waals surface area contributed by atoms with Crippen LogP contribution in [0.25, 0.3) is 0 Å². The Morgan fingerprint density at radius 3 is 2.71 bits per heavy atom. The maximum absolute atomic E-state index is 12.0. The number of morpholine rings is 1. The highest BCUT2D eigenvalue weighted by Crippen LogP contribution is 2.24. The van der Waals surface area contributed by atoms with Crippen molar-refractivity contribution in [2.45, 2.75) is 37.7 Å². The van der Waals surface area contributed by atoms with Crippen LogP contribution in [-0.4, -0.2) is 54.5 Å². The fraction of sp³-hybridized carbons (Fsp3) is 0.900. The Morgan fingerprint density at radius 1 is 1.65 bits per heavy atom. The number of aliphatic hydroxyl groups is 1. The van der Waals surface area contributed by atoms with Crippen LogP contribution in [0.1, 0.15) is 20.8 Å². The quantitative estimate of drug-likeness (QED) is 0.754. The van der Waals surface area contributed by atoms with Gasteiger partial charge in [-0.25, -0.2) is 8.42 Å². The van der Waals surface area contributed by atoms with Crippen molar-refractivity contribution in [1.82, 2.24) is 4.31 Å². The van der Waals surface area contributed by atoms with Crippen molar-refractivity contribution in [3.8, 4) is 6.07 Å². The normalized spacial score (nSPS) is 27.4. The molecule has 1 heterocycles. The van der Waals surface area contributed by atoms with Crippen LogP contribution in [0.3, 0.4) is 0 Å². The average Bonchev–Trinajstić information content (AvgIpc) is 2.25. The summed E-state index contributed by atoms with van der Waals surface area (Å²) in [6.45, 7) is 4.91. The van der Waals surface area contributed by atoms with E-state index in [1.807, 2.05) is 0 Å². The minimum atomic E-state index is -3.65. The molecule has 0 aromatic heterocycles. The molecule has 1 aliphatic rings. The summed E-state index contributed by atoms with van der Waals surface area (Å²) in [7, 11) is -3.65. The predicted molar refractivity (Wildman–Crippen MR) is 61.6 cm³/mol. The minimum absolute atomic E-state index is 0.0916. The van der Waals surface area contributed by atoms with Gasteiger partial charge in [0.1, 0.15) is 0 Å². The summed E-state index contributed by atoms with van der Waals surface area (Å²) >= 11 is 0. The van der Waals surface area contributed by atoms with E-state index in [4.69, 9.17) is 15.1 Å². The van der Waals surface area contributed by atoms with Crippen molar-refractivity contribution in [3.63, 3.8) is 0 Å². The number of sulfonamides is 1. The van der Waals surface area contributed by atoms with Crippen molar-refractivity contribution in [3.05, 3.63) is 0 Å². The van der Waals surface area contributed by atoms with Gasteiger partial charge in [-0.3, -0.25) is 0 Å². The second-order valence-corrected chi connectivity index (χ2v) is 7.04. The molecule has 0 spiro atoms. The van der Waals surface area contributed by atoms with E-state index in [-0.39, 0.29) is 19.7 Å². The van der Waals surface area contributed by atoms with E-state index in [2.05, 4.69) is 0 Å². The first kappa shape index (κ1) is 14.4. The Labute approximate surface area is 102 Å². The first-order chi connectivity index (χ1) is 7.73. The van der Waals surface area contributed by atoms with E-state index in [1.54, 1.807) is 19.9 Å². The highest BCUT2D eigenvalue weighted by Gasteiger charge is 2.40. The van der Waals surface area contributed by atoms with Crippen LogP contribution in [0, 0.1) is 11.3 Å². The smallest absolute Gasteiger partial charge is 0.230 e. The Hall–Kier alpha value is -0.680. The summed E-state index contributed by atoms with van der Waals surface area (Å²) < 4.78 is 30.8. The van der Waals surface area contributed by atoms with Gasteiger partial charge in [0, 0.05) is 13.1 Å². The summed E-state index contributed by atoms with van der Waals surface area (Å²) in [5.41, 5.74) is -0.659. The lowest BCUT2D eigenvalue weighted by atomic mass is 10.1. The molecule has 17 heavy (non-hydrogen) atoms. The lowest BCUT2D eigenvalue weighted by Crippen LogP contribution is -2.56. The molecular formula is C10H18N2O4S. The molecule has 0 amide bonds. The number of hydrogen-bond acceptors (Lipinski definition) is 5. The van der Waals surface area contributed by atoms with Gasteiger partial charge in [0.25, 0.3) is 0 Å². The highest BCUT2D eigenvalue weighted by molar-refractivity contribution is 7.89. The van der Waals surface area contributed by atoms with E-state index in [0.717, 1.165) is 0 Å². The van der Waals surface area contributed by atoms with Gasteiger partial charge in [-0.05, 0) is 20.8 Å². The SMILES string of the molecule is CC(C#N)S(=O)(=O)N1CC(CO)OC(C)(C)C1. The van der Waals surface area contributed by atoms with E-state index >= 15 is 0 Å². The van der Waals surface area contributed by atoms with Crippen LogP contribution in [0.4, 0.5) is 0 Å². The maximum Gasteiger partial charge on any atom is 0.230 e. The third-order valence-electron chi connectivity index (χ3n) is 2.64. The topological polar surface area (TPSA) is 90.6 Å². The van der Waals surface area contributed by atoms with E-state index in [9.17, 15) is 8.42 Å². The number of hydrogen-bond donors (Lipinski definition) is 1.